The lowest BCUT2D eigenvalue weighted by atomic mass is 9.86. The van der Waals surface area contributed by atoms with Crippen LogP contribution in [0.1, 0.15) is 38.3 Å². The van der Waals surface area contributed by atoms with E-state index in [2.05, 4.69) is 71.0 Å². The Balaban J connectivity index is 1.52. The number of rotatable bonds is 5. The number of carbonyl (C=O) groups excluding carboxylic acids is 1. The lowest BCUT2D eigenvalue weighted by Gasteiger charge is -2.19. The van der Waals surface area contributed by atoms with Crippen molar-refractivity contribution in [1.82, 2.24) is 20.6 Å². The van der Waals surface area contributed by atoms with Gasteiger partial charge in [0.15, 0.2) is 0 Å². The van der Waals surface area contributed by atoms with Gasteiger partial charge in [-0.05, 0) is 52.4 Å². The summed E-state index contributed by atoms with van der Waals surface area (Å²) in [6, 6.07) is 15.9. The fraction of sp³-hybridized carbons (Fsp3) is 0.300. The summed E-state index contributed by atoms with van der Waals surface area (Å²) in [5, 5.41) is 16.7. The minimum Gasteiger partial charge on any atom is -0.326 e. The summed E-state index contributed by atoms with van der Waals surface area (Å²) in [5.41, 5.74) is 4.21. The van der Waals surface area contributed by atoms with Crippen LogP contribution in [0, 0.1) is 0 Å². The van der Waals surface area contributed by atoms with Crippen LogP contribution >= 0.6 is 0 Å². The van der Waals surface area contributed by atoms with Crippen LogP contribution in [-0.4, -0.2) is 26.5 Å². The fourth-order valence-electron chi connectivity index (χ4n) is 2.64. The number of benzene rings is 2. The van der Waals surface area contributed by atoms with Crippen molar-refractivity contribution >= 4 is 11.6 Å². The zero-order valence-electron chi connectivity index (χ0n) is 15.3. The maximum atomic E-state index is 12.2. The predicted molar refractivity (Wildman–Crippen MR) is 102 cm³/mol. The summed E-state index contributed by atoms with van der Waals surface area (Å²) in [6.07, 6.45) is 1.17. The van der Waals surface area contributed by atoms with Gasteiger partial charge in [0.25, 0.3) is 0 Å². The SMILES string of the molecule is CC(C)(C)c1ccc(CCC(=O)Nc2ccc(-c3nn[nH]n3)cc2)cc1. The van der Waals surface area contributed by atoms with Crippen LogP contribution in [0.3, 0.4) is 0 Å². The van der Waals surface area contributed by atoms with Crippen molar-refractivity contribution in [3.8, 4) is 11.4 Å². The Morgan fingerprint density at radius 3 is 2.31 bits per heavy atom. The molecule has 0 radical (unpaired) electrons. The quantitative estimate of drug-likeness (QED) is 0.735. The highest BCUT2D eigenvalue weighted by Gasteiger charge is 2.13. The van der Waals surface area contributed by atoms with E-state index in [1.165, 1.54) is 11.1 Å². The number of tetrazole rings is 1. The summed E-state index contributed by atoms with van der Waals surface area (Å²) >= 11 is 0. The van der Waals surface area contributed by atoms with Crippen molar-refractivity contribution in [3.63, 3.8) is 0 Å². The van der Waals surface area contributed by atoms with Gasteiger partial charge >= 0.3 is 0 Å². The highest BCUT2D eigenvalue weighted by molar-refractivity contribution is 5.91. The molecule has 1 amide bonds. The lowest BCUT2D eigenvalue weighted by molar-refractivity contribution is -0.116. The van der Waals surface area contributed by atoms with Crippen molar-refractivity contribution in [1.29, 1.82) is 0 Å². The number of amides is 1. The maximum absolute atomic E-state index is 12.2. The monoisotopic (exact) mass is 349 g/mol. The number of hydrogen-bond donors (Lipinski definition) is 2. The number of aromatic nitrogens is 4. The molecule has 2 N–H and O–H groups in total. The molecule has 6 nitrogen and oxygen atoms in total. The Labute approximate surface area is 153 Å². The van der Waals surface area contributed by atoms with E-state index in [9.17, 15) is 4.79 Å². The van der Waals surface area contributed by atoms with Crippen molar-refractivity contribution in [2.75, 3.05) is 5.32 Å². The predicted octanol–water partition coefficient (Wildman–Crippen LogP) is 3.74. The molecule has 26 heavy (non-hydrogen) atoms. The van der Waals surface area contributed by atoms with E-state index in [0.717, 1.165) is 17.7 Å². The van der Waals surface area contributed by atoms with Crippen molar-refractivity contribution in [2.24, 2.45) is 0 Å². The van der Waals surface area contributed by atoms with E-state index in [1.54, 1.807) is 0 Å². The molecule has 0 aliphatic carbocycles. The summed E-state index contributed by atoms with van der Waals surface area (Å²) in [6.45, 7) is 6.58. The Kier molecular flexibility index (Phi) is 5.11. The fourth-order valence-corrected chi connectivity index (χ4v) is 2.64. The minimum absolute atomic E-state index is 0.00258. The van der Waals surface area contributed by atoms with Crippen molar-refractivity contribution < 1.29 is 4.79 Å². The van der Waals surface area contributed by atoms with Gasteiger partial charge < -0.3 is 5.32 Å². The average Bonchev–Trinajstić information content (AvgIpc) is 3.15. The van der Waals surface area contributed by atoms with Gasteiger partial charge in [0.05, 0.1) is 0 Å². The molecule has 6 heteroatoms. The van der Waals surface area contributed by atoms with Crippen LogP contribution in [0.25, 0.3) is 11.4 Å². The van der Waals surface area contributed by atoms with Gasteiger partial charge in [-0.15, -0.1) is 10.2 Å². The molecule has 0 aliphatic heterocycles. The highest BCUT2D eigenvalue weighted by Crippen LogP contribution is 2.22. The largest absolute Gasteiger partial charge is 0.326 e. The van der Waals surface area contributed by atoms with Crippen LogP contribution < -0.4 is 5.32 Å². The second kappa shape index (κ2) is 7.47. The Morgan fingerprint density at radius 2 is 1.73 bits per heavy atom. The molecule has 0 saturated heterocycles. The summed E-state index contributed by atoms with van der Waals surface area (Å²) in [5.74, 6) is 0.527. The molecular weight excluding hydrogens is 326 g/mol. The van der Waals surface area contributed by atoms with Crippen LogP contribution in [0.5, 0.6) is 0 Å². The number of anilines is 1. The standard InChI is InChI=1S/C20H23N5O/c1-20(2,3)16-9-4-14(5-10-16)6-13-18(26)21-17-11-7-15(8-12-17)19-22-24-25-23-19/h4-5,7-12H,6,13H2,1-3H3,(H,21,26)(H,22,23,24,25). The molecule has 0 spiro atoms. The number of nitrogens with one attached hydrogen (secondary N) is 2. The van der Waals surface area contributed by atoms with E-state index < -0.39 is 0 Å². The van der Waals surface area contributed by atoms with E-state index in [-0.39, 0.29) is 11.3 Å². The number of carbonyl (C=O) groups is 1. The second-order valence-corrected chi connectivity index (χ2v) is 7.31. The number of nitrogens with zero attached hydrogens (tertiary/aromatic N) is 3. The van der Waals surface area contributed by atoms with Gasteiger partial charge in [-0.25, -0.2) is 0 Å². The number of aromatic amines is 1. The summed E-state index contributed by atoms with van der Waals surface area (Å²) in [7, 11) is 0. The van der Waals surface area contributed by atoms with E-state index in [0.29, 0.717) is 12.2 Å². The normalized spacial score (nSPS) is 11.3. The second-order valence-electron chi connectivity index (χ2n) is 7.31. The molecule has 0 aliphatic rings. The molecule has 2 aromatic carbocycles. The third kappa shape index (κ3) is 4.53. The zero-order valence-corrected chi connectivity index (χ0v) is 15.3. The molecule has 3 aromatic rings. The zero-order chi connectivity index (χ0) is 18.6. The topological polar surface area (TPSA) is 83.6 Å². The average molecular weight is 349 g/mol. The minimum atomic E-state index is -0.00258. The number of aryl methyl sites for hydroxylation is 1. The molecule has 0 bridgehead atoms. The lowest BCUT2D eigenvalue weighted by Crippen LogP contribution is -2.13. The first-order valence-corrected chi connectivity index (χ1v) is 8.65. The Bertz CT molecular complexity index is 847. The van der Waals surface area contributed by atoms with Gasteiger partial charge in [-0.2, -0.15) is 5.21 Å². The van der Waals surface area contributed by atoms with Gasteiger partial charge in [-0.3, -0.25) is 4.79 Å². The Hall–Kier alpha value is -3.02. The van der Waals surface area contributed by atoms with E-state index in [4.69, 9.17) is 0 Å². The first-order valence-electron chi connectivity index (χ1n) is 8.65. The number of H-pyrrole nitrogens is 1. The molecule has 1 heterocycles. The van der Waals surface area contributed by atoms with Gasteiger partial charge in [0.2, 0.25) is 11.7 Å². The number of hydrogen-bond acceptors (Lipinski definition) is 4. The third-order valence-corrected chi connectivity index (χ3v) is 4.23. The molecule has 134 valence electrons. The Morgan fingerprint density at radius 1 is 1.04 bits per heavy atom. The van der Waals surface area contributed by atoms with E-state index >= 15 is 0 Å². The summed E-state index contributed by atoms with van der Waals surface area (Å²) < 4.78 is 0. The van der Waals surface area contributed by atoms with Crippen molar-refractivity contribution in [2.45, 2.75) is 39.0 Å². The molecule has 0 saturated carbocycles. The van der Waals surface area contributed by atoms with Crippen LogP contribution in [0.2, 0.25) is 0 Å². The van der Waals surface area contributed by atoms with Crippen LogP contribution in [0.4, 0.5) is 5.69 Å². The van der Waals surface area contributed by atoms with Crippen LogP contribution in [0.15, 0.2) is 48.5 Å². The highest BCUT2D eigenvalue weighted by atomic mass is 16.1. The van der Waals surface area contributed by atoms with Crippen molar-refractivity contribution in [3.05, 3.63) is 59.7 Å². The maximum Gasteiger partial charge on any atom is 0.224 e. The summed E-state index contributed by atoms with van der Waals surface area (Å²) in [4.78, 5) is 12.2. The van der Waals surface area contributed by atoms with E-state index in [1.807, 2.05) is 24.3 Å². The van der Waals surface area contributed by atoms with Crippen LogP contribution in [-0.2, 0) is 16.6 Å². The molecule has 0 atom stereocenters. The van der Waals surface area contributed by atoms with Gasteiger partial charge in [-0.1, -0.05) is 45.0 Å². The van der Waals surface area contributed by atoms with Gasteiger partial charge in [0.1, 0.15) is 0 Å². The molecule has 3 rings (SSSR count). The molecule has 0 unspecified atom stereocenters. The first kappa shape index (κ1) is 17.8. The molecule has 1 aromatic heterocycles. The van der Waals surface area contributed by atoms with Gasteiger partial charge in [0, 0.05) is 17.7 Å². The smallest absolute Gasteiger partial charge is 0.224 e. The first-order chi connectivity index (χ1) is 12.4. The molecule has 0 fully saturated rings. The molecular formula is C20H23N5O. The third-order valence-electron chi connectivity index (χ3n) is 4.23.